The Morgan fingerprint density at radius 1 is 1.25 bits per heavy atom. The first-order chi connectivity index (χ1) is 9.20. The largest absolute Gasteiger partial charge is 0.312 e. The zero-order chi connectivity index (χ0) is 15.4. The minimum absolute atomic E-state index is 0.0834. The SMILES string of the molecule is CCN(CC)S(=O)(=O)N1CCCC(CNC(C)(C)C)C1. The lowest BCUT2D eigenvalue weighted by atomic mass is 9.98. The molecule has 0 amide bonds. The normalized spacial score (nSPS) is 22.4. The number of nitrogens with zero attached hydrogens (tertiary/aromatic N) is 2. The second kappa shape index (κ2) is 7.20. The van der Waals surface area contributed by atoms with Gasteiger partial charge in [0.15, 0.2) is 0 Å². The summed E-state index contributed by atoms with van der Waals surface area (Å²) in [5, 5.41) is 3.49. The zero-order valence-electron chi connectivity index (χ0n) is 13.6. The summed E-state index contributed by atoms with van der Waals surface area (Å²) in [6.07, 6.45) is 2.06. The molecule has 0 spiro atoms. The van der Waals surface area contributed by atoms with Crippen molar-refractivity contribution in [3.63, 3.8) is 0 Å². The number of rotatable bonds is 6. The first-order valence-electron chi connectivity index (χ1n) is 7.71. The van der Waals surface area contributed by atoms with Crippen LogP contribution in [0.25, 0.3) is 0 Å². The van der Waals surface area contributed by atoms with E-state index in [0.29, 0.717) is 32.1 Å². The van der Waals surface area contributed by atoms with Crippen molar-refractivity contribution in [3.05, 3.63) is 0 Å². The average Bonchev–Trinajstić information content (AvgIpc) is 2.37. The molecule has 0 bridgehead atoms. The minimum Gasteiger partial charge on any atom is -0.312 e. The molecule has 0 aliphatic carbocycles. The summed E-state index contributed by atoms with van der Waals surface area (Å²) in [7, 11) is -3.27. The summed E-state index contributed by atoms with van der Waals surface area (Å²) >= 11 is 0. The first-order valence-corrected chi connectivity index (χ1v) is 9.10. The Morgan fingerprint density at radius 2 is 1.85 bits per heavy atom. The molecule has 1 atom stereocenters. The molecule has 0 saturated carbocycles. The van der Waals surface area contributed by atoms with Crippen LogP contribution in [0.2, 0.25) is 0 Å². The van der Waals surface area contributed by atoms with Gasteiger partial charge < -0.3 is 5.32 Å². The molecule has 1 unspecified atom stereocenters. The van der Waals surface area contributed by atoms with Gasteiger partial charge in [0.05, 0.1) is 0 Å². The lowest BCUT2D eigenvalue weighted by molar-refractivity contribution is 0.232. The molecule has 20 heavy (non-hydrogen) atoms. The average molecular weight is 305 g/mol. The number of piperidine rings is 1. The van der Waals surface area contributed by atoms with E-state index in [9.17, 15) is 8.42 Å². The molecule has 1 rings (SSSR count). The summed E-state index contributed by atoms with van der Waals surface area (Å²) < 4.78 is 28.3. The van der Waals surface area contributed by atoms with Gasteiger partial charge in [-0.2, -0.15) is 17.0 Å². The summed E-state index contributed by atoms with van der Waals surface area (Å²) in [4.78, 5) is 0. The van der Waals surface area contributed by atoms with Gasteiger partial charge in [-0.15, -0.1) is 0 Å². The molecule has 1 heterocycles. The Labute approximate surface area is 124 Å². The van der Waals surface area contributed by atoms with Gasteiger partial charge in [0.1, 0.15) is 0 Å². The van der Waals surface area contributed by atoms with E-state index >= 15 is 0 Å². The predicted octanol–water partition coefficient (Wildman–Crippen LogP) is 1.67. The summed E-state index contributed by atoms with van der Waals surface area (Å²) in [5.41, 5.74) is 0.0834. The Hall–Kier alpha value is -0.170. The predicted molar refractivity (Wildman–Crippen MR) is 83.9 cm³/mol. The third-order valence-corrected chi connectivity index (χ3v) is 5.91. The van der Waals surface area contributed by atoms with Crippen LogP contribution >= 0.6 is 0 Å². The standard InChI is InChI=1S/C14H31N3O2S/c1-6-16(7-2)20(18,19)17-10-8-9-13(12-17)11-15-14(3,4)5/h13,15H,6-12H2,1-5H3. The topological polar surface area (TPSA) is 52.7 Å². The molecule has 1 aliphatic heterocycles. The van der Waals surface area contributed by atoms with E-state index in [1.165, 1.54) is 0 Å². The maximum absolute atomic E-state index is 12.5. The van der Waals surface area contributed by atoms with Crippen molar-refractivity contribution in [1.82, 2.24) is 13.9 Å². The number of hydrogen-bond acceptors (Lipinski definition) is 3. The summed E-state index contributed by atoms with van der Waals surface area (Å²) in [6.45, 7) is 13.5. The van der Waals surface area contributed by atoms with Crippen molar-refractivity contribution in [3.8, 4) is 0 Å². The van der Waals surface area contributed by atoms with Gasteiger partial charge in [-0.3, -0.25) is 0 Å². The molecule has 0 aromatic rings. The Bertz CT molecular complexity index is 386. The quantitative estimate of drug-likeness (QED) is 0.812. The second-order valence-electron chi connectivity index (χ2n) is 6.59. The number of nitrogens with one attached hydrogen (secondary N) is 1. The molecule has 1 N–H and O–H groups in total. The molecule has 6 heteroatoms. The van der Waals surface area contributed by atoms with Gasteiger partial charge >= 0.3 is 0 Å². The monoisotopic (exact) mass is 305 g/mol. The van der Waals surface area contributed by atoms with Gasteiger partial charge in [0.2, 0.25) is 0 Å². The van der Waals surface area contributed by atoms with E-state index in [4.69, 9.17) is 0 Å². The molecule has 120 valence electrons. The molecule has 0 radical (unpaired) electrons. The summed E-state index contributed by atoms with van der Waals surface area (Å²) in [5.74, 6) is 0.410. The fourth-order valence-corrected chi connectivity index (χ4v) is 4.30. The fourth-order valence-electron chi connectivity index (χ4n) is 2.57. The highest BCUT2D eigenvalue weighted by molar-refractivity contribution is 7.86. The smallest absolute Gasteiger partial charge is 0.281 e. The van der Waals surface area contributed by atoms with Crippen LogP contribution in [0, 0.1) is 5.92 Å². The van der Waals surface area contributed by atoms with Crippen LogP contribution in [-0.2, 0) is 10.2 Å². The van der Waals surface area contributed by atoms with Crippen LogP contribution in [0.5, 0.6) is 0 Å². The van der Waals surface area contributed by atoms with Crippen LogP contribution < -0.4 is 5.32 Å². The molecule has 1 saturated heterocycles. The third-order valence-electron chi connectivity index (χ3n) is 3.76. The van der Waals surface area contributed by atoms with Crippen LogP contribution in [0.3, 0.4) is 0 Å². The Kier molecular flexibility index (Phi) is 6.44. The molecule has 0 aromatic carbocycles. The van der Waals surface area contributed by atoms with Crippen LogP contribution in [-0.4, -0.2) is 55.3 Å². The highest BCUT2D eigenvalue weighted by atomic mass is 32.2. The van der Waals surface area contributed by atoms with Gasteiger partial charge in [0.25, 0.3) is 10.2 Å². The zero-order valence-corrected chi connectivity index (χ0v) is 14.5. The van der Waals surface area contributed by atoms with Crippen molar-refractivity contribution in [2.24, 2.45) is 5.92 Å². The maximum atomic E-state index is 12.5. The molecule has 5 nitrogen and oxygen atoms in total. The van der Waals surface area contributed by atoms with E-state index in [2.05, 4.69) is 26.1 Å². The van der Waals surface area contributed by atoms with Crippen molar-refractivity contribution in [2.75, 3.05) is 32.7 Å². The van der Waals surface area contributed by atoms with Crippen molar-refractivity contribution >= 4 is 10.2 Å². The van der Waals surface area contributed by atoms with Crippen molar-refractivity contribution in [1.29, 1.82) is 0 Å². The lowest BCUT2D eigenvalue weighted by Gasteiger charge is -2.36. The van der Waals surface area contributed by atoms with Gasteiger partial charge in [0, 0.05) is 31.7 Å². The number of hydrogen-bond donors (Lipinski definition) is 1. The van der Waals surface area contributed by atoms with Gasteiger partial charge in [-0.05, 0) is 46.1 Å². The molecular weight excluding hydrogens is 274 g/mol. The van der Waals surface area contributed by atoms with Crippen LogP contribution in [0.15, 0.2) is 0 Å². The molecule has 1 fully saturated rings. The third kappa shape index (κ3) is 4.98. The Balaban J connectivity index is 2.64. The molecule has 0 aromatic heterocycles. The minimum atomic E-state index is -3.27. The fraction of sp³-hybridized carbons (Fsp3) is 1.00. The second-order valence-corrected chi connectivity index (χ2v) is 8.52. The summed E-state index contributed by atoms with van der Waals surface area (Å²) in [6, 6.07) is 0. The Morgan fingerprint density at radius 3 is 2.35 bits per heavy atom. The van der Waals surface area contributed by atoms with Crippen molar-refractivity contribution < 1.29 is 8.42 Å². The van der Waals surface area contributed by atoms with Crippen LogP contribution in [0.4, 0.5) is 0 Å². The van der Waals surface area contributed by atoms with E-state index < -0.39 is 10.2 Å². The highest BCUT2D eigenvalue weighted by Gasteiger charge is 2.32. The first kappa shape index (κ1) is 17.9. The molecule has 1 aliphatic rings. The highest BCUT2D eigenvalue weighted by Crippen LogP contribution is 2.21. The van der Waals surface area contributed by atoms with Crippen LogP contribution in [0.1, 0.15) is 47.5 Å². The van der Waals surface area contributed by atoms with Gasteiger partial charge in [-0.25, -0.2) is 0 Å². The van der Waals surface area contributed by atoms with Crippen molar-refractivity contribution in [2.45, 2.75) is 53.0 Å². The van der Waals surface area contributed by atoms with E-state index in [1.54, 1.807) is 8.61 Å². The van der Waals surface area contributed by atoms with E-state index in [-0.39, 0.29) is 5.54 Å². The maximum Gasteiger partial charge on any atom is 0.281 e. The van der Waals surface area contributed by atoms with Gasteiger partial charge in [-0.1, -0.05) is 13.8 Å². The van der Waals surface area contributed by atoms with E-state index in [1.807, 2.05) is 13.8 Å². The molecular formula is C14H31N3O2S. The lowest BCUT2D eigenvalue weighted by Crippen LogP contribution is -2.50. The van der Waals surface area contributed by atoms with E-state index in [0.717, 1.165) is 19.4 Å².